The lowest BCUT2D eigenvalue weighted by Crippen LogP contribution is -2.43. The van der Waals surface area contributed by atoms with E-state index in [-0.39, 0.29) is 5.91 Å². The Kier molecular flexibility index (Phi) is 8.30. The highest BCUT2D eigenvalue weighted by Gasteiger charge is 2.32. The number of ether oxygens (including phenoxy) is 1. The summed E-state index contributed by atoms with van der Waals surface area (Å²) in [6.45, 7) is 0.958. The minimum absolute atomic E-state index is 0.152. The molecule has 3 atom stereocenters. The molecule has 0 bridgehead atoms. The van der Waals surface area contributed by atoms with Crippen LogP contribution in [0.15, 0.2) is 85.1 Å². The minimum atomic E-state index is -0.531. The molecule has 42 heavy (non-hydrogen) atoms. The van der Waals surface area contributed by atoms with Crippen molar-refractivity contribution in [2.24, 2.45) is 0 Å². The number of nitrogens with zero attached hydrogens (tertiary/aromatic N) is 3. The molecule has 6 rings (SSSR count). The number of aliphatic hydroxyl groups excluding tert-OH is 1. The van der Waals surface area contributed by atoms with Crippen LogP contribution in [0.2, 0.25) is 0 Å². The van der Waals surface area contributed by atoms with Gasteiger partial charge in [-0.3, -0.25) is 4.79 Å². The number of β-amino-alcohol motifs (C(OH)–C–C–N with tert-alkyl or cyclic N) is 1. The number of hydrogen-bond donors (Lipinski definition) is 4. The van der Waals surface area contributed by atoms with Gasteiger partial charge in [-0.1, -0.05) is 60.7 Å². The van der Waals surface area contributed by atoms with Crippen molar-refractivity contribution in [1.82, 2.24) is 30.4 Å². The van der Waals surface area contributed by atoms with Crippen LogP contribution in [-0.4, -0.2) is 56.6 Å². The fourth-order valence-electron chi connectivity index (χ4n) is 5.69. The van der Waals surface area contributed by atoms with Gasteiger partial charge in [0.15, 0.2) is 5.82 Å². The summed E-state index contributed by atoms with van der Waals surface area (Å²) in [6.07, 6.45) is 3.91. The Bertz CT molecular complexity index is 1630. The zero-order chi connectivity index (χ0) is 28.9. The first-order chi connectivity index (χ1) is 20.6. The van der Waals surface area contributed by atoms with E-state index in [0.29, 0.717) is 38.2 Å². The van der Waals surface area contributed by atoms with Crippen molar-refractivity contribution in [3.8, 4) is 5.75 Å². The van der Waals surface area contributed by atoms with Crippen LogP contribution in [0.5, 0.6) is 5.75 Å². The summed E-state index contributed by atoms with van der Waals surface area (Å²) in [5, 5.41) is 26.9. The third-order valence-corrected chi connectivity index (χ3v) is 7.99. The molecular weight excluding hydrogens is 528 g/mol. The molecule has 1 fully saturated rings. The SMILES string of the molecule is COc1ccc(Cn2c(CCc3ccccc3)nnc2C(Cc2c[nH]c3ccccc23)NC(=O)[C@@H]2C[C@@H](O)CN2)cc1. The van der Waals surface area contributed by atoms with Crippen LogP contribution < -0.4 is 15.4 Å². The van der Waals surface area contributed by atoms with Gasteiger partial charge in [-0.25, -0.2) is 0 Å². The van der Waals surface area contributed by atoms with Gasteiger partial charge in [0.2, 0.25) is 5.91 Å². The van der Waals surface area contributed by atoms with E-state index in [1.54, 1.807) is 7.11 Å². The summed E-state index contributed by atoms with van der Waals surface area (Å²) in [5.74, 6) is 2.20. The topological polar surface area (TPSA) is 117 Å². The zero-order valence-electron chi connectivity index (χ0n) is 23.7. The smallest absolute Gasteiger partial charge is 0.237 e. The van der Waals surface area contributed by atoms with Crippen molar-refractivity contribution < 1.29 is 14.6 Å². The van der Waals surface area contributed by atoms with E-state index in [2.05, 4.69) is 43.5 Å². The number of methoxy groups -OCH3 is 1. The van der Waals surface area contributed by atoms with Crippen LogP contribution in [-0.2, 0) is 30.6 Å². The Labute approximate surface area is 244 Å². The van der Waals surface area contributed by atoms with E-state index in [1.165, 1.54) is 5.56 Å². The van der Waals surface area contributed by atoms with Gasteiger partial charge in [0.1, 0.15) is 11.6 Å². The molecule has 2 aromatic heterocycles. The molecule has 4 N–H and O–H groups in total. The highest BCUT2D eigenvalue weighted by Crippen LogP contribution is 2.26. The highest BCUT2D eigenvalue weighted by atomic mass is 16.5. The molecule has 0 spiro atoms. The third-order valence-electron chi connectivity index (χ3n) is 7.99. The molecule has 1 unspecified atom stereocenters. The van der Waals surface area contributed by atoms with Crippen molar-refractivity contribution >= 4 is 16.8 Å². The molecular formula is C33H36N6O3. The summed E-state index contributed by atoms with van der Waals surface area (Å²) < 4.78 is 7.51. The molecule has 1 aliphatic rings. The van der Waals surface area contributed by atoms with E-state index in [9.17, 15) is 9.90 Å². The second-order valence-corrected chi connectivity index (χ2v) is 10.9. The second-order valence-electron chi connectivity index (χ2n) is 10.9. The van der Waals surface area contributed by atoms with Gasteiger partial charge in [0.05, 0.1) is 31.8 Å². The van der Waals surface area contributed by atoms with Gasteiger partial charge in [0.25, 0.3) is 0 Å². The number of amides is 1. The lowest BCUT2D eigenvalue weighted by Gasteiger charge is -2.22. The zero-order valence-corrected chi connectivity index (χ0v) is 23.7. The number of hydrogen-bond acceptors (Lipinski definition) is 6. The third kappa shape index (κ3) is 6.22. The fraction of sp³-hybridized carbons (Fsp3) is 0.303. The number of carbonyl (C=O) groups excluding carboxylic acids is 1. The number of rotatable bonds is 11. The fourth-order valence-corrected chi connectivity index (χ4v) is 5.69. The van der Waals surface area contributed by atoms with Crippen LogP contribution in [0.3, 0.4) is 0 Å². The van der Waals surface area contributed by atoms with Crippen LogP contribution in [0.1, 0.15) is 40.8 Å². The maximum atomic E-state index is 13.5. The lowest BCUT2D eigenvalue weighted by molar-refractivity contribution is -0.123. The Morgan fingerprint density at radius 3 is 2.57 bits per heavy atom. The first kappa shape index (κ1) is 27.7. The number of H-pyrrole nitrogens is 1. The van der Waals surface area contributed by atoms with E-state index >= 15 is 0 Å². The number of aromatic amines is 1. The predicted molar refractivity (Wildman–Crippen MR) is 161 cm³/mol. The van der Waals surface area contributed by atoms with Crippen LogP contribution in [0, 0.1) is 0 Å². The summed E-state index contributed by atoms with van der Waals surface area (Å²) in [5.41, 5.74) is 4.43. The molecule has 1 saturated heterocycles. The molecule has 0 radical (unpaired) electrons. The maximum Gasteiger partial charge on any atom is 0.237 e. The Morgan fingerprint density at radius 2 is 1.81 bits per heavy atom. The standard InChI is InChI=1S/C33H36N6O3/c1-42-26-14-11-23(12-15-26)21-39-31(16-13-22-7-3-2-4-8-22)37-38-32(39)29(36-33(41)30-18-25(40)20-35-30)17-24-19-34-28-10-6-5-9-27(24)28/h2-12,14-15,19,25,29-30,34-35,40H,13,16-18,20-21H2,1H3,(H,36,41)/t25-,29?,30+/m1/s1. The number of aliphatic hydroxyl groups is 1. The average molecular weight is 565 g/mol. The van der Waals surface area contributed by atoms with E-state index < -0.39 is 18.2 Å². The predicted octanol–water partition coefficient (Wildman–Crippen LogP) is 3.72. The van der Waals surface area contributed by atoms with Crippen molar-refractivity contribution in [3.63, 3.8) is 0 Å². The highest BCUT2D eigenvalue weighted by molar-refractivity contribution is 5.84. The molecule has 3 heterocycles. The van der Waals surface area contributed by atoms with E-state index in [1.807, 2.05) is 66.9 Å². The largest absolute Gasteiger partial charge is 0.497 e. The number of fused-ring (bicyclic) bond motifs is 1. The number of carbonyl (C=O) groups is 1. The molecule has 3 aromatic carbocycles. The van der Waals surface area contributed by atoms with Crippen molar-refractivity contribution in [2.75, 3.05) is 13.7 Å². The lowest BCUT2D eigenvalue weighted by atomic mass is 10.0. The van der Waals surface area contributed by atoms with Gasteiger partial charge in [-0.15, -0.1) is 10.2 Å². The first-order valence-corrected chi connectivity index (χ1v) is 14.4. The Morgan fingerprint density at radius 1 is 1.02 bits per heavy atom. The number of aryl methyl sites for hydroxylation is 2. The van der Waals surface area contributed by atoms with Gasteiger partial charge in [-0.2, -0.15) is 0 Å². The molecule has 1 amide bonds. The van der Waals surface area contributed by atoms with Gasteiger partial charge in [-0.05, 0) is 47.7 Å². The quantitative estimate of drug-likeness (QED) is 0.194. The van der Waals surface area contributed by atoms with Crippen LogP contribution in [0.25, 0.3) is 10.9 Å². The summed E-state index contributed by atoms with van der Waals surface area (Å²) in [6, 6.07) is 25.6. The monoisotopic (exact) mass is 564 g/mol. The maximum absolute atomic E-state index is 13.5. The summed E-state index contributed by atoms with van der Waals surface area (Å²) in [7, 11) is 1.66. The molecule has 216 valence electrons. The van der Waals surface area contributed by atoms with E-state index in [0.717, 1.165) is 40.0 Å². The average Bonchev–Trinajstić information content (AvgIpc) is 3.75. The second kappa shape index (κ2) is 12.6. The van der Waals surface area contributed by atoms with Crippen molar-refractivity contribution in [1.29, 1.82) is 0 Å². The molecule has 9 heteroatoms. The van der Waals surface area contributed by atoms with E-state index in [4.69, 9.17) is 9.84 Å². The molecule has 1 aliphatic heterocycles. The Hall–Kier alpha value is -4.47. The molecule has 0 saturated carbocycles. The van der Waals surface area contributed by atoms with Gasteiger partial charge < -0.3 is 30.0 Å². The first-order valence-electron chi connectivity index (χ1n) is 14.4. The van der Waals surface area contributed by atoms with Gasteiger partial charge >= 0.3 is 0 Å². The number of para-hydroxylation sites is 1. The summed E-state index contributed by atoms with van der Waals surface area (Å²) in [4.78, 5) is 16.8. The van der Waals surface area contributed by atoms with Crippen LogP contribution >= 0.6 is 0 Å². The molecule has 5 aromatic rings. The van der Waals surface area contributed by atoms with Crippen LogP contribution in [0.4, 0.5) is 0 Å². The van der Waals surface area contributed by atoms with Crippen molar-refractivity contribution in [2.45, 2.75) is 50.4 Å². The number of nitrogens with one attached hydrogen (secondary N) is 3. The number of aromatic nitrogens is 4. The molecule has 0 aliphatic carbocycles. The van der Waals surface area contributed by atoms with Crippen molar-refractivity contribution in [3.05, 3.63) is 113 Å². The summed E-state index contributed by atoms with van der Waals surface area (Å²) >= 11 is 0. The molecule has 9 nitrogen and oxygen atoms in total. The van der Waals surface area contributed by atoms with Gasteiger partial charge in [0, 0.05) is 36.5 Å². The normalized spacial score (nSPS) is 17.4. The minimum Gasteiger partial charge on any atom is -0.497 e. The Balaban J connectivity index is 1.36. The number of benzene rings is 3.